The Morgan fingerprint density at radius 3 is 2.05 bits per heavy atom. The van der Waals surface area contributed by atoms with Crippen molar-refractivity contribution in [1.29, 1.82) is 0 Å². The van der Waals surface area contributed by atoms with Gasteiger partial charge >= 0.3 is 6.09 Å². The van der Waals surface area contributed by atoms with Crippen molar-refractivity contribution < 1.29 is 9.53 Å². The first-order valence-electron chi connectivity index (χ1n) is 7.57. The Morgan fingerprint density at radius 1 is 1.05 bits per heavy atom. The molecule has 19 heavy (non-hydrogen) atoms. The first-order valence-corrected chi connectivity index (χ1v) is 7.57. The molecule has 0 aromatic heterocycles. The van der Waals surface area contributed by atoms with Crippen LogP contribution in [0.5, 0.6) is 0 Å². The fourth-order valence-electron chi connectivity index (χ4n) is 3.44. The van der Waals surface area contributed by atoms with E-state index in [0.29, 0.717) is 0 Å². The van der Waals surface area contributed by atoms with Gasteiger partial charge in [-0.25, -0.2) is 4.79 Å². The fraction of sp³-hybridized carbons (Fsp3) is 0.933. The van der Waals surface area contributed by atoms with Gasteiger partial charge in [0.2, 0.25) is 0 Å². The van der Waals surface area contributed by atoms with Gasteiger partial charge in [-0.2, -0.15) is 0 Å². The second-order valence-electron chi connectivity index (χ2n) is 7.28. The molecule has 110 valence electrons. The third-order valence-electron chi connectivity index (χ3n) is 4.65. The highest BCUT2D eigenvalue weighted by molar-refractivity contribution is 5.69. The summed E-state index contributed by atoms with van der Waals surface area (Å²) in [5.74, 6) is 0. The molecular weight excluding hydrogens is 240 g/mol. The van der Waals surface area contributed by atoms with Crippen LogP contribution in [0.4, 0.5) is 4.79 Å². The van der Waals surface area contributed by atoms with Gasteiger partial charge in [-0.15, -0.1) is 0 Å². The number of nitrogens with two attached hydrogens (primary N) is 1. The summed E-state index contributed by atoms with van der Waals surface area (Å²) in [6, 6.07) is 0. The molecule has 2 fully saturated rings. The Morgan fingerprint density at radius 2 is 1.63 bits per heavy atom. The number of rotatable bonds is 2. The van der Waals surface area contributed by atoms with E-state index in [-0.39, 0.29) is 17.2 Å². The minimum Gasteiger partial charge on any atom is -0.444 e. The summed E-state index contributed by atoms with van der Waals surface area (Å²) < 4.78 is 5.42. The van der Waals surface area contributed by atoms with Gasteiger partial charge in [0.15, 0.2) is 0 Å². The molecule has 0 bridgehead atoms. The summed E-state index contributed by atoms with van der Waals surface area (Å²) in [7, 11) is 0. The van der Waals surface area contributed by atoms with Crippen molar-refractivity contribution in [2.24, 2.45) is 5.73 Å². The van der Waals surface area contributed by atoms with Gasteiger partial charge in [0.25, 0.3) is 0 Å². The molecule has 0 heterocycles. The lowest BCUT2D eigenvalue weighted by Crippen LogP contribution is -2.72. The van der Waals surface area contributed by atoms with E-state index in [9.17, 15) is 4.79 Å². The Balaban J connectivity index is 2.08. The van der Waals surface area contributed by atoms with Crippen molar-refractivity contribution in [1.82, 2.24) is 5.32 Å². The molecule has 0 saturated heterocycles. The number of hydrogen-bond acceptors (Lipinski definition) is 3. The highest BCUT2D eigenvalue weighted by atomic mass is 16.6. The van der Waals surface area contributed by atoms with Crippen molar-refractivity contribution in [2.45, 2.75) is 88.8 Å². The summed E-state index contributed by atoms with van der Waals surface area (Å²) in [6.45, 7) is 5.67. The number of carbonyl (C=O) groups is 1. The van der Waals surface area contributed by atoms with Crippen LogP contribution in [0.1, 0.15) is 72.1 Å². The van der Waals surface area contributed by atoms with E-state index in [1.807, 2.05) is 20.8 Å². The number of amides is 1. The zero-order valence-electron chi connectivity index (χ0n) is 12.6. The summed E-state index contributed by atoms with van der Waals surface area (Å²) in [5.41, 5.74) is 5.64. The van der Waals surface area contributed by atoms with Gasteiger partial charge in [0.05, 0.1) is 5.54 Å². The summed E-state index contributed by atoms with van der Waals surface area (Å²) in [5, 5.41) is 3.15. The van der Waals surface area contributed by atoms with Gasteiger partial charge in [-0.3, -0.25) is 0 Å². The number of alkyl carbamates (subject to hydrolysis) is 1. The van der Waals surface area contributed by atoms with Gasteiger partial charge in [-0.05, 0) is 52.9 Å². The maximum atomic E-state index is 12.1. The number of hydrogen-bond donors (Lipinski definition) is 2. The molecule has 0 aromatic carbocycles. The normalized spacial score (nSPS) is 25.3. The minimum absolute atomic E-state index is 0.218. The molecule has 0 atom stereocenters. The minimum atomic E-state index is -0.457. The van der Waals surface area contributed by atoms with Crippen molar-refractivity contribution in [3.63, 3.8) is 0 Å². The maximum Gasteiger partial charge on any atom is 0.408 e. The number of ether oxygens (including phenoxy) is 1. The summed E-state index contributed by atoms with van der Waals surface area (Å²) in [6.07, 6.45) is 8.41. The van der Waals surface area contributed by atoms with E-state index in [1.165, 1.54) is 12.8 Å². The highest BCUT2D eigenvalue weighted by Gasteiger charge is 2.53. The predicted octanol–water partition coefficient (Wildman–Crippen LogP) is 3.10. The topological polar surface area (TPSA) is 64.3 Å². The summed E-state index contributed by atoms with van der Waals surface area (Å²) >= 11 is 0. The molecule has 4 heteroatoms. The molecule has 0 spiro atoms. The van der Waals surface area contributed by atoms with Crippen molar-refractivity contribution in [3.05, 3.63) is 0 Å². The molecule has 2 saturated carbocycles. The van der Waals surface area contributed by atoms with Gasteiger partial charge < -0.3 is 15.8 Å². The Hall–Kier alpha value is -0.770. The first-order chi connectivity index (χ1) is 8.77. The molecule has 4 nitrogen and oxygen atoms in total. The van der Waals surface area contributed by atoms with E-state index in [4.69, 9.17) is 10.5 Å². The summed E-state index contributed by atoms with van der Waals surface area (Å²) in [4.78, 5) is 12.1. The van der Waals surface area contributed by atoms with Gasteiger partial charge in [0.1, 0.15) is 5.60 Å². The Labute approximate surface area is 116 Å². The lowest BCUT2D eigenvalue weighted by Gasteiger charge is -2.55. The van der Waals surface area contributed by atoms with Gasteiger partial charge in [0, 0.05) is 5.54 Å². The number of carbonyl (C=O) groups excluding carboxylic acids is 1. The first kappa shape index (κ1) is 14.6. The lowest BCUT2D eigenvalue weighted by atomic mass is 9.59. The van der Waals surface area contributed by atoms with Crippen LogP contribution in [0.2, 0.25) is 0 Å². The van der Waals surface area contributed by atoms with Crippen LogP contribution >= 0.6 is 0 Å². The van der Waals surface area contributed by atoms with Crippen LogP contribution in [0.3, 0.4) is 0 Å². The molecule has 0 unspecified atom stereocenters. The average molecular weight is 268 g/mol. The largest absolute Gasteiger partial charge is 0.444 e. The average Bonchev–Trinajstić information content (AvgIpc) is 2.24. The van der Waals surface area contributed by atoms with Crippen molar-refractivity contribution in [2.75, 3.05) is 0 Å². The van der Waals surface area contributed by atoms with Gasteiger partial charge in [-0.1, -0.05) is 19.3 Å². The zero-order chi connectivity index (χ0) is 14.1. The molecule has 2 rings (SSSR count). The Bertz CT molecular complexity index is 337. The molecule has 3 N–H and O–H groups in total. The van der Waals surface area contributed by atoms with E-state index < -0.39 is 5.60 Å². The third kappa shape index (κ3) is 3.04. The van der Waals surface area contributed by atoms with Crippen LogP contribution in [0, 0.1) is 0 Å². The second-order valence-corrected chi connectivity index (χ2v) is 7.28. The zero-order valence-corrected chi connectivity index (χ0v) is 12.6. The monoisotopic (exact) mass is 268 g/mol. The third-order valence-corrected chi connectivity index (χ3v) is 4.65. The standard InChI is InChI=1S/C15H28N2O2/c1-13(2,3)19-12(18)17-15(10-5-4-6-11-15)14(16)8-7-9-14/h4-11,16H2,1-3H3,(H,17,18). The van der Waals surface area contributed by atoms with Crippen LogP contribution in [-0.4, -0.2) is 22.8 Å². The predicted molar refractivity (Wildman–Crippen MR) is 76.0 cm³/mol. The second kappa shape index (κ2) is 4.97. The molecule has 2 aliphatic rings. The maximum absolute atomic E-state index is 12.1. The SMILES string of the molecule is CC(C)(C)OC(=O)NC1(C2(N)CCC2)CCCCC1. The molecule has 1 amide bonds. The molecule has 0 aliphatic heterocycles. The molecular formula is C15H28N2O2. The quantitative estimate of drug-likeness (QED) is 0.809. The van der Waals surface area contributed by atoms with Crippen molar-refractivity contribution >= 4 is 6.09 Å². The van der Waals surface area contributed by atoms with Crippen LogP contribution in [0.25, 0.3) is 0 Å². The molecule has 0 aromatic rings. The smallest absolute Gasteiger partial charge is 0.408 e. The van der Waals surface area contributed by atoms with E-state index >= 15 is 0 Å². The van der Waals surface area contributed by atoms with E-state index in [1.54, 1.807) is 0 Å². The van der Waals surface area contributed by atoms with Crippen LogP contribution in [-0.2, 0) is 4.74 Å². The molecule has 2 aliphatic carbocycles. The molecule has 0 radical (unpaired) electrons. The van der Waals surface area contributed by atoms with Crippen LogP contribution < -0.4 is 11.1 Å². The van der Waals surface area contributed by atoms with E-state index in [0.717, 1.165) is 38.5 Å². The Kier molecular flexibility index (Phi) is 3.83. The van der Waals surface area contributed by atoms with E-state index in [2.05, 4.69) is 5.32 Å². The number of nitrogens with one attached hydrogen (secondary N) is 1. The highest BCUT2D eigenvalue weighted by Crippen LogP contribution is 2.46. The lowest BCUT2D eigenvalue weighted by molar-refractivity contribution is 0.0150. The fourth-order valence-corrected chi connectivity index (χ4v) is 3.44. The van der Waals surface area contributed by atoms with Crippen molar-refractivity contribution in [3.8, 4) is 0 Å². The van der Waals surface area contributed by atoms with Crippen LogP contribution in [0.15, 0.2) is 0 Å².